The fraction of sp³-hybridized carbons (Fsp3) is 0.500. The van der Waals surface area contributed by atoms with Gasteiger partial charge in [0.05, 0.1) is 0 Å². The smallest absolute Gasteiger partial charge is 0.164 e. The second-order valence-corrected chi connectivity index (χ2v) is 11.0. The van der Waals surface area contributed by atoms with Gasteiger partial charge in [0.1, 0.15) is 5.78 Å². The molecule has 57 heavy (non-hydrogen) atoms. The Kier molecular flexibility index (Phi) is 57.0. The molecular formula is C54H92O3. The zero-order chi connectivity index (χ0) is 39.4. The summed E-state index contributed by atoms with van der Waals surface area (Å²) in [6, 6.07) is 36.5. The van der Waals surface area contributed by atoms with Crippen LogP contribution in [0.2, 0.25) is 0 Å². The Morgan fingerprint density at radius 2 is 0.509 bits per heavy atom. The number of hydrogen-bond donors (Lipinski definition) is 0. The van der Waals surface area contributed by atoms with E-state index in [1.165, 1.54) is 38.5 Å². The monoisotopic (exact) mass is 789 g/mol. The Morgan fingerprint density at radius 3 is 0.719 bits per heavy atom. The lowest BCUT2D eigenvalue weighted by Crippen LogP contribution is -2.16. The minimum atomic E-state index is 0. The Hall–Kier alpha value is -4.11. The molecule has 4 aromatic rings. The van der Waals surface area contributed by atoms with Crippen LogP contribution in [0.5, 0.6) is 0 Å². The van der Waals surface area contributed by atoms with Crippen LogP contribution in [0.3, 0.4) is 0 Å². The summed E-state index contributed by atoms with van der Waals surface area (Å²) in [5.74, 6) is 0.630. The maximum absolute atomic E-state index is 11.3. The first-order valence-corrected chi connectivity index (χ1v) is 20.4. The van der Waals surface area contributed by atoms with E-state index < -0.39 is 0 Å². The van der Waals surface area contributed by atoms with E-state index in [1.54, 1.807) is 46.5 Å². The Bertz CT molecular complexity index is 1270. The number of carbonyl (C=O) groups excluding carboxylic acids is 3. The molecule has 0 spiro atoms. The van der Waals surface area contributed by atoms with Gasteiger partial charge < -0.3 is 0 Å². The van der Waals surface area contributed by atoms with Gasteiger partial charge in [-0.3, -0.25) is 14.4 Å². The molecule has 4 aliphatic carbocycles. The van der Waals surface area contributed by atoms with E-state index >= 15 is 0 Å². The molecule has 4 aromatic carbocycles. The first-order chi connectivity index (χ1) is 25.6. The maximum atomic E-state index is 11.3. The summed E-state index contributed by atoms with van der Waals surface area (Å²) in [5, 5.41) is 0. The highest BCUT2D eigenvalue weighted by molar-refractivity contribution is 6.13. The van der Waals surface area contributed by atoms with Gasteiger partial charge in [0, 0.05) is 36.8 Å². The van der Waals surface area contributed by atoms with Gasteiger partial charge in [-0.2, -0.15) is 0 Å². The van der Waals surface area contributed by atoms with Crippen molar-refractivity contribution >= 4 is 17.3 Å². The predicted molar refractivity (Wildman–Crippen MR) is 262 cm³/mol. The zero-order valence-electron chi connectivity index (χ0n) is 34.6. The number of Topliss-reactive ketones (excluding diaryl/α,β-unsaturated/α-hetero) is 3. The van der Waals surface area contributed by atoms with Crippen molar-refractivity contribution < 1.29 is 14.4 Å². The van der Waals surface area contributed by atoms with Crippen molar-refractivity contribution in [1.29, 1.82) is 0 Å². The van der Waals surface area contributed by atoms with Gasteiger partial charge in [-0.1, -0.05) is 216 Å². The maximum Gasteiger partial charge on any atom is 0.164 e. The number of carbonyl (C=O) groups is 3. The van der Waals surface area contributed by atoms with Crippen molar-refractivity contribution in [2.24, 2.45) is 0 Å². The second-order valence-electron chi connectivity index (χ2n) is 11.0. The van der Waals surface area contributed by atoms with E-state index in [-0.39, 0.29) is 48.7 Å². The molecule has 0 unspecified atom stereocenters. The number of hydrogen-bond acceptors (Lipinski definition) is 3. The van der Waals surface area contributed by atoms with Crippen molar-refractivity contribution in [1.82, 2.24) is 0 Å². The van der Waals surface area contributed by atoms with Crippen LogP contribution in [0.1, 0.15) is 201 Å². The highest BCUT2D eigenvalue weighted by atomic mass is 16.1. The average molecular weight is 789 g/mol. The molecule has 0 amide bonds. The van der Waals surface area contributed by atoms with Gasteiger partial charge in [0.25, 0.3) is 0 Å². The lowest BCUT2D eigenvalue weighted by atomic mass is 9.90. The highest BCUT2D eigenvalue weighted by Crippen LogP contribution is 2.22. The van der Waals surface area contributed by atoms with Crippen LogP contribution in [-0.2, 0) is 30.5 Å². The third-order valence-corrected chi connectivity index (χ3v) is 7.96. The predicted octanol–water partition coefficient (Wildman–Crippen LogP) is 17.3. The fourth-order valence-electron chi connectivity index (χ4n) is 5.65. The second kappa shape index (κ2) is 48.0. The average Bonchev–Trinajstić information content (AvgIpc) is 4.05. The molecule has 0 saturated heterocycles. The van der Waals surface area contributed by atoms with Crippen LogP contribution in [0.4, 0.5) is 0 Å². The van der Waals surface area contributed by atoms with Crippen molar-refractivity contribution in [2.45, 2.75) is 183 Å². The number of fused-ring (bicyclic) bond motifs is 3. The van der Waals surface area contributed by atoms with Gasteiger partial charge in [0.2, 0.25) is 0 Å². The van der Waals surface area contributed by atoms with E-state index in [2.05, 4.69) is 48.5 Å². The van der Waals surface area contributed by atoms with Gasteiger partial charge in [-0.25, -0.2) is 0 Å². The molecule has 0 atom stereocenters. The van der Waals surface area contributed by atoms with E-state index in [4.69, 9.17) is 0 Å². The van der Waals surface area contributed by atoms with Crippen LogP contribution >= 0.6 is 0 Å². The van der Waals surface area contributed by atoms with Crippen molar-refractivity contribution in [2.75, 3.05) is 0 Å². The molecule has 0 N–H and O–H groups in total. The van der Waals surface area contributed by atoms with Gasteiger partial charge in [0.15, 0.2) is 11.6 Å². The van der Waals surface area contributed by atoms with Crippen LogP contribution in [-0.4, -0.2) is 17.3 Å². The standard InChI is InChI=1S/C10H8O2.2C9H10.C6H6.C5H8O.5C2H6.5CH4/c11-9-5-6-10(12)8-4-2-1-3-7(8)9;2*1-2-5-9-7-3-6-8(9)4-1;1-2-4-6-5-3-1;6-5-3-1-2-4-5;5*1-2;;;;;/h1-4H,5-6H2;2*1-2,4-5H,3,6-7H2;1-6H;1-4H2;5*1-2H3;5*1H4. The van der Waals surface area contributed by atoms with Crippen LogP contribution < -0.4 is 0 Å². The van der Waals surface area contributed by atoms with E-state index in [9.17, 15) is 14.4 Å². The van der Waals surface area contributed by atoms with Gasteiger partial charge in [-0.15, -0.1) is 0 Å². The molecule has 8 rings (SSSR count). The largest absolute Gasteiger partial charge is 0.300 e. The van der Waals surface area contributed by atoms with Gasteiger partial charge in [-0.05, 0) is 73.6 Å². The molecular weight excluding hydrogens is 697 g/mol. The summed E-state index contributed by atoms with van der Waals surface area (Å²) in [5.41, 5.74) is 7.45. The lowest BCUT2D eigenvalue weighted by molar-refractivity contribution is -0.117. The Labute approximate surface area is 356 Å². The molecule has 0 bridgehead atoms. The lowest BCUT2D eigenvalue weighted by Gasteiger charge is -2.11. The summed E-state index contributed by atoms with van der Waals surface area (Å²) >= 11 is 0. The normalized spacial score (nSPS) is 12.0. The fourth-order valence-corrected chi connectivity index (χ4v) is 5.65. The quantitative estimate of drug-likeness (QED) is 0.178. The first-order valence-electron chi connectivity index (χ1n) is 20.4. The molecule has 0 radical (unpaired) electrons. The molecule has 3 heteroatoms. The molecule has 0 aliphatic heterocycles. The third kappa shape index (κ3) is 28.9. The number of ketones is 3. The van der Waals surface area contributed by atoms with E-state index in [0.29, 0.717) is 29.8 Å². The van der Waals surface area contributed by atoms with Crippen LogP contribution in [0.25, 0.3) is 0 Å². The van der Waals surface area contributed by atoms with Gasteiger partial charge >= 0.3 is 0 Å². The summed E-state index contributed by atoms with van der Waals surface area (Å²) in [4.78, 5) is 32.8. The van der Waals surface area contributed by atoms with E-state index in [0.717, 1.165) is 25.7 Å². The SMILES string of the molecule is C.C.C.C.C.CC.CC.CC.CC.CC.O=C1CCC(=O)c2ccccc21.O=C1CCCC1.c1ccc2c(c1)CCC2.c1ccc2c(c1)CCC2.c1ccccc1. The molecule has 0 aromatic heterocycles. The molecule has 326 valence electrons. The number of benzene rings is 4. The summed E-state index contributed by atoms with van der Waals surface area (Å²) in [6.07, 6.45) is 12.6. The minimum Gasteiger partial charge on any atom is -0.300 e. The highest BCUT2D eigenvalue weighted by Gasteiger charge is 2.22. The summed E-state index contributed by atoms with van der Waals surface area (Å²) in [6.45, 7) is 20.0. The van der Waals surface area contributed by atoms with Crippen molar-refractivity contribution in [3.8, 4) is 0 Å². The molecule has 0 heterocycles. The molecule has 3 nitrogen and oxygen atoms in total. The topological polar surface area (TPSA) is 51.2 Å². The summed E-state index contributed by atoms with van der Waals surface area (Å²) < 4.78 is 0. The van der Waals surface area contributed by atoms with Crippen LogP contribution in [0.15, 0.2) is 109 Å². The van der Waals surface area contributed by atoms with Crippen molar-refractivity contribution in [3.63, 3.8) is 0 Å². The van der Waals surface area contributed by atoms with Crippen molar-refractivity contribution in [3.05, 3.63) is 143 Å². The minimum absolute atomic E-state index is 0. The Balaban J connectivity index is -0.000000103. The Morgan fingerprint density at radius 1 is 0.281 bits per heavy atom. The number of aryl methyl sites for hydroxylation is 4. The third-order valence-electron chi connectivity index (χ3n) is 7.96. The first kappa shape index (κ1) is 67.6. The molecule has 1 saturated carbocycles. The van der Waals surface area contributed by atoms with E-state index in [1.807, 2.05) is 106 Å². The summed E-state index contributed by atoms with van der Waals surface area (Å²) in [7, 11) is 0. The molecule has 1 fully saturated rings. The molecule has 4 aliphatic rings. The zero-order valence-corrected chi connectivity index (χ0v) is 34.6. The van der Waals surface area contributed by atoms with Crippen LogP contribution in [0, 0.1) is 0 Å². The number of rotatable bonds is 0.